The van der Waals surface area contributed by atoms with Crippen molar-refractivity contribution in [1.82, 2.24) is 5.32 Å². The molecule has 122 valence electrons. The van der Waals surface area contributed by atoms with E-state index in [0.29, 0.717) is 6.54 Å². The summed E-state index contributed by atoms with van der Waals surface area (Å²) in [6, 6.07) is 20.2. The lowest BCUT2D eigenvalue weighted by Crippen LogP contribution is -2.22. The third-order valence-electron chi connectivity index (χ3n) is 3.86. The fourth-order valence-corrected chi connectivity index (χ4v) is 3.34. The molecular formula is C20H20N2OS. The number of carbonyl (C=O) groups excluding carboxylic acids is 1. The Bertz CT molecular complexity index is 807. The Labute approximate surface area is 146 Å². The molecule has 0 unspecified atom stereocenters. The van der Waals surface area contributed by atoms with E-state index in [-0.39, 0.29) is 5.91 Å². The van der Waals surface area contributed by atoms with Crippen molar-refractivity contribution in [3.05, 3.63) is 76.5 Å². The number of anilines is 1. The number of nitrogens with zero attached hydrogens (tertiary/aromatic N) is 1. The Kier molecular flexibility index (Phi) is 4.96. The van der Waals surface area contributed by atoms with E-state index < -0.39 is 0 Å². The molecule has 1 N–H and O–H groups in total. The number of hydrogen-bond acceptors (Lipinski definition) is 3. The van der Waals surface area contributed by atoms with Crippen molar-refractivity contribution < 1.29 is 4.79 Å². The highest BCUT2D eigenvalue weighted by Gasteiger charge is 2.14. The molecule has 0 aliphatic carbocycles. The smallest absolute Gasteiger partial charge is 0.262 e. The number of carbonyl (C=O) groups is 1. The van der Waals surface area contributed by atoms with E-state index in [2.05, 4.69) is 22.3 Å². The third-order valence-corrected chi connectivity index (χ3v) is 4.78. The molecule has 0 spiro atoms. The summed E-state index contributed by atoms with van der Waals surface area (Å²) in [4.78, 5) is 15.4. The molecule has 0 aliphatic rings. The normalized spacial score (nSPS) is 10.4. The topological polar surface area (TPSA) is 32.3 Å². The van der Waals surface area contributed by atoms with Gasteiger partial charge in [-0.1, -0.05) is 42.5 Å². The Morgan fingerprint density at radius 2 is 1.71 bits per heavy atom. The summed E-state index contributed by atoms with van der Waals surface area (Å²) in [5, 5.41) is 4.98. The second-order valence-corrected chi connectivity index (χ2v) is 6.69. The van der Waals surface area contributed by atoms with Crippen LogP contribution in [0.4, 0.5) is 5.69 Å². The van der Waals surface area contributed by atoms with Crippen molar-refractivity contribution in [2.75, 3.05) is 19.0 Å². The van der Waals surface area contributed by atoms with Crippen molar-refractivity contribution in [1.29, 1.82) is 0 Å². The van der Waals surface area contributed by atoms with E-state index in [1.165, 1.54) is 11.3 Å². The maximum absolute atomic E-state index is 12.5. The van der Waals surface area contributed by atoms with Gasteiger partial charge >= 0.3 is 0 Å². The molecule has 0 aliphatic heterocycles. The Morgan fingerprint density at radius 3 is 2.38 bits per heavy atom. The van der Waals surface area contributed by atoms with Gasteiger partial charge in [0.1, 0.15) is 0 Å². The molecule has 3 rings (SSSR count). The van der Waals surface area contributed by atoms with Crippen molar-refractivity contribution >= 4 is 22.9 Å². The van der Waals surface area contributed by atoms with Gasteiger partial charge in [0.15, 0.2) is 0 Å². The zero-order chi connectivity index (χ0) is 16.9. The fraction of sp³-hybridized carbons (Fsp3) is 0.150. The first-order valence-electron chi connectivity index (χ1n) is 7.82. The molecule has 2 aromatic carbocycles. The minimum atomic E-state index is -0.0273. The molecule has 1 aromatic heterocycles. The summed E-state index contributed by atoms with van der Waals surface area (Å²) in [5.41, 5.74) is 4.29. The van der Waals surface area contributed by atoms with Gasteiger partial charge in [-0.2, -0.15) is 0 Å². The minimum Gasteiger partial charge on any atom is -0.378 e. The standard InChI is InChI=1S/C20H20N2OS/c1-22(2)17-10-8-15(9-11-17)14-21-20(23)19-18(12-13-24-19)16-6-4-3-5-7-16/h3-13H,14H2,1-2H3,(H,21,23). The van der Waals surface area contributed by atoms with E-state index in [0.717, 1.165) is 27.3 Å². The van der Waals surface area contributed by atoms with Crippen LogP contribution in [0.5, 0.6) is 0 Å². The first kappa shape index (κ1) is 16.3. The molecule has 0 atom stereocenters. The third kappa shape index (κ3) is 3.66. The summed E-state index contributed by atoms with van der Waals surface area (Å²) in [6.45, 7) is 0.526. The van der Waals surface area contributed by atoms with E-state index in [1.54, 1.807) is 0 Å². The molecule has 0 saturated heterocycles. The fourth-order valence-electron chi connectivity index (χ4n) is 2.50. The van der Waals surface area contributed by atoms with Crippen LogP contribution in [0, 0.1) is 0 Å². The van der Waals surface area contributed by atoms with Crippen molar-refractivity contribution in [2.24, 2.45) is 0 Å². The number of benzene rings is 2. The predicted octanol–water partition coefficient (Wildman–Crippen LogP) is 4.41. The number of rotatable bonds is 5. The largest absolute Gasteiger partial charge is 0.378 e. The average Bonchev–Trinajstić information content (AvgIpc) is 3.10. The van der Waals surface area contributed by atoms with Gasteiger partial charge in [-0.3, -0.25) is 4.79 Å². The van der Waals surface area contributed by atoms with Gasteiger partial charge in [-0.25, -0.2) is 0 Å². The summed E-state index contributed by atoms with van der Waals surface area (Å²) in [5.74, 6) is -0.0273. The van der Waals surface area contributed by atoms with Gasteiger partial charge < -0.3 is 10.2 Å². The molecule has 1 amide bonds. The molecule has 24 heavy (non-hydrogen) atoms. The molecule has 1 heterocycles. The van der Waals surface area contributed by atoms with Crippen LogP contribution >= 0.6 is 11.3 Å². The van der Waals surface area contributed by atoms with Crippen LogP contribution in [-0.4, -0.2) is 20.0 Å². The van der Waals surface area contributed by atoms with Crippen LogP contribution in [-0.2, 0) is 6.54 Å². The average molecular weight is 336 g/mol. The minimum absolute atomic E-state index is 0.0273. The first-order valence-corrected chi connectivity index (χ1v) is 8.70. The van der Waals surface area contributed by atoms with Gasteiger partial charge in [0, 0.05) is 31.9 Å². The highest BCUT2D eigenvalue weighted by Crippen LogP contribution is 2.28. The highest BCUT2D eigenvalue weighted by atomic mass is 32.1. The number of nitrogens with one attached hydrogen (secondary N) is 1. The zero-order valence-corrected chi connectivity index (χ0v) is 14.6. The van der Waals surface area contributed by atoms with Crippen molar-refractivity contribution in [3.8, 4) is 11.1 Å². The lowest BCUT2D eigenvalue weighted by Gasteiger charge is -2.13. The van der Waals surface area contributed by atoms with E-state index in [4.69, 9.17) is 0 Å². The SMILES string of the molecule is CN(C)c1ccc(CNC(=O)c2sccc2-c2ccccc2)cc1. The van der Waals surface area contributed by atoms with Crippen LogP contribution < -0.4 is 10.2 Å². The summed E-state index contributed by atoms with van der Waals surface area (Å²) < 4.78 is 0. The summed E-state index contributed by atoms with van der Waals surface area (Å²) >= 11 is 1.48. The zero-order valence-electron chi connectivity index (χ0n) is 13.8. The number of amides is 1. The van der Waals surface area contributed by atoms with Crippen LogP contribution in [0.25, 0.3) is 11.1 Å². The van der Waals surface area contributed by atoms with E-state index in [9.17, 15) is 4.79 Å². The molecule has 0 bridgehead atoms. The predicted molar refractivity (Wildman–Crippen MR) is 102 cm³/mol. The molecule has 3 nitrogen and oxygen atoms in total. The van der Waals surface area contributed by atoms with Crippen LogP contribution in [0.15, 0.2) is 66.0 Å². The Hall–Kier alpha value is -2.59. The molecule has 0 radical (unpaired) electrons. The van der Waals surface area contributed by atoms with Gasteiger partial charge in [0.2, 0.25) is 0 Å². The van der Waals surface area contributed by atoms with Gasteiger partial charge in [0.25, 0.3) is 5.91 Å². The van der Waals surface area contributed by atoms with Crippen LogP contribution in [0.2, 0.25) is 0 Å². The second-order valence-electron chi connectivity index (χ2n) is 5.77. The van der Waals surface area contributed by atoms with Crippen LogP contribution in [0.1, 0.15) is 15.2 Å². The van der Waals surface area contributed by atoms with Gasteiger partial charge in [0.05, 0.1) is 4.88 Å². The molecular weight excluding hydrogens is 316 g/mol. The quantitative estimate of drug-likeness (QED) is 0.748. The maximum atomic E-state index is 12.5. The van der Waals surface area contributed by atoms with Crippen LogP contribution in [0.3, 0.4) is 0 Å². The lowest BCUT2D eigenvalue weighted by atomic mass is 10.1. The molecule has 4 heteroatoms. The number of thiophene rings is 1. The summed E-state index contributed by atoms with van der Waals surface area (Å²) in [7, 11) is 4.03. The number of hydrogen-bond donors (Lipinski definition) is 1. The molecule has 0 saturated carbocycles. The Morgan fingerprint density at radius 1 is 1.00 bits per heavy atom. The van der Waals surface area contributed by atoms with Crippen molar-refractivity contribution in [3.63, 3.8) is 0 Å². The first-order chi connectivity index (χ1) is 11.6. The lowest BCUT2D eigenvalue weighted by molar-refractivity contribution is 0.0955. The molecule has 3 aromatic rings. The maximum Gasteiger partial charge on any atom is 0.262 e. The highest BCUT2D eigenvalue weighted by molar-refractivity contribution is 7.12. The van der Waals surface area contributed by atoms with Gasteiger partial charge in [-0.15, -0.1) is 11.3 Å². The monoisotopic (exact) mass is 336 g/mol. The van der Waals surface area contributed by atoms with E-state index in [1.807, 2.05) is 68.0 Å². The molecule has 0 fully saturated rings. The van der Waals surface area contributed by atoms with Crippen molar-refractivity contribution in [2.45, 2.75) is 6.54 Å². The van der Waals surface area contributed by atoms with E-state index >= 15 is 0 Å². The second kappa shape index (κ2) is 7.32. The van der Waals surface area contributed by atoms with Gasteiger partial charge in [-0.05, 0) is 34.7 Å². The Balaban J connectivity index is 1.69. The summed E-state index contributed by atoms with van der Waals surface area (Å²) in [6.07, 6.45) is 0.